The first-order chi connectivity index (χ1) is 14.9. The molecule has 0 saturated carbocycles. The first-order valence-corrected chi connectivity index (χ1v) is 11.3. The maximum absolute atomic E-state index is 11.5. The molecular weight excluding hydrogens is 398 g/mol. The average molecular weight is 436 g/mol. The molecule has 0 aliphatic carbocycles. The molecule has 172 valence electrons. The van der Waals surface area contributed by atoms with Crippen molar-refractivity contribution in [1.29, 1.82) is 0 Å². The van der Waals surface area contributed by atoms with Crippen molar-refractivity contribution in [2.75, 3.05) is 36.8 Å². The highest BCUT2D eigenvalue weighted by atomic mass is 16.3. The SMILES string of the molecule is CC(C)(C)c1cc(C(C=C=O)N2CCN(c3ccc(N)cc3)CC2)cc(C(C)(C)C)c1O. The van der Waals surface area contributed by atoms with Crippen LogP contribution in [0.15, 0.2) is 42.5 Å². The standard InChI is InChI=1S/C27H37N3O2/c1-26(2,3)22-17-19(18-23(25(22)32)27(4,5)6)24(11-16-31)30-14-12-29(13-15-30)21-9-7-20(28)8-10-21/h7-11,17-18,24,32H,12-15,28H2,1-6H3. The molecule has 5 heteroatoms. The van der Waals surface area contributed by atoms with Crippen molar-refractivity contribution in [2.24, 2.45) is 0 Å². The highest BCUT2D eigenvalue weighted by molar-refractivity contribution is 5.55. The number of aromatic hydroxyl groups is 1. The number of nitrogens with zero attached hydrogens (tertiary/aromatic N) is 2. The zero-order chi connectivity index (χ0) is 23.7. The summed E-state index contributed by atoms with van der Waals surface area (Å²) in [7, 11) is 0. The number of anilines is 2. The summed E-state index contributed by atoms with van der Waals surface area (Å²) >= 11 is 0. The van der Waals surface area contributed by atoms with Crippen molar-refractivity contribution in [3.63, 3.8) is 0 Å². The average Bonchev–Trinajstić information content (AvgIpc) is 2.71. The van der Waals surface area contributed by atoms with E-state index < -0.39 is 0 Å². The third-order valence-corrected chi connectivity index (χ3v) is 6.28. The summed E-state index contributed by atoms with van der Waals surface area (Å²) in [5.74, 6) is 2.39. The fraction of sp³-hybridized carbons (Fsp3) is 0.481. The molecule has 1 atom stereocenters. The summed E-state index contributed by atoms with van der Waals surface area (Å²) in [5.41, 5.74) is 10.2. The van der Waals surface area contributed by atoms with Crippen LogP contribution >= 0.6 is 0 Å². The van der Waals surface area contributed by atoms with Gasteiger partial charge in [-0.3, -0.25) is 4.90 Å². The number of piperazine rings is 1. The van der Waals surface area contributed by atoms with Gasteiger partial charge < -0.3 is 15.7 Å². The van der Waals surface area contributed by atoms with Crippen LogP contribution in [0.25, 0.3) is 0 Å². The number of benzene rings is 2. The van der Waals surface area contributed by atoms with Gasteiger partial charge in [-0.05, 0) is 63.9 Å². The molecule has 2 aromatic carbocycles. The number of nitrogen functional groups attached to an aromatic ring is 1. The molecular formula is C27H37N3O2. The molecule has 3 N–H and O–H groups in total. The van der Waals surface area contributed by atoms with E-state index in [1.54, 1.807) is 6.08 Å². The van der Waals surface area contributed by atoms with Crippen LogP contribution in [0, 0.1) is 0 Å². The Labute approximate surface area is 192 Å². The van der Waals surface area contributed by atoms with Crippen LogP contribution < -0.4 is 10.6 Å². The lowest BCUT2D eigenvalue weighted by atomic mass is 9.77. The van der Waals surface area contributed by atoms with Crippen molar-refractivity contribution in [3.05, 3.63) is 59.2 Å². The van der Waals surface area contributed by atoms with E-state index >= 15 is 0 Å². The summed E-state index contributed by atoms with van der Waals surface area (Å²) in [6.07, 6.45) is 1.62. The van der Waals surface area contributed by atoms with Crippen LogP contribution in [-0.4, -0.2) is 42.1 Å². The number of nitrogens with two attached hydrogens (primary N) is 1. The molecule has 0 bridgehead atoms. The van der Waals surface area contributed by atoms with Gasteiger partial charge in [0.2, 0.25) is 0 Å². The van der Waals surface area contributed by atoms with Crippen LogP contribution in [0.5, 0.6) is 5.75 Å². The molecule has 1 aliphatic rings. The quantitative estimate of drug-likeness (QED) is 0.532. The van der Waals surface area contributed by atoms with Crippen molar-refractivity contribution >= 4 is 17.3 Å². The first kappa shape index (κ1) is 23.9. The fourth-order valence-corrected chi connectivity index (χ4v) is 4.39. The van der Waals surface area contributed by atoms with Gasteiger partial charge in [-0.2, -0.15) is 0 Å². The Balaban J connectivity index is 1.93. The van der Waals surface area contributed by atoms with E-state index in [9.17, 15) is 9.90 Å². The van der Waals surface area contributed by atoms with Gasteiger partial charge in [0.15, 0.2) is 0 Å². The maximum atomic E-state index is 11.5. The topological polar surface area (TPSA) is 69.8 Å². The van der Waals surface area contributed by atoms with E-state index in [1.165, 1.54) is 0 Å². The normalized spacial score (nSPS) is 16.5. The van der Waals surface area contributed by atoms with E-state index in [4.69, 9.17) is 5.73 Å². The van der Waals surface area contributed by atoms with Gasteiger partial charge >= 0.3 is 0 Å². The van der Waals surface area contributed by atoms with Crippen LogP contribution in [0.4, 0.5) is 11.4 Å². The lowest BCUT2D eigenvalue weighted by Gasteiger charge is -2.40. The minimum atomic E-state index is -0.219. The Morgan fingerprint density at radius 2 is 1.44 bits per heavy atom. The number of phenolic OH excluding ortho intramolecular Hbond substituents is 1. The molecule has 3 rings (SSSR count). The van der Waals surface area contributed by atoms with Gasteiger partial charge in [0.05, 0.1) is 6.04 Å². The molecule has 0 radical (unpaired) electrons. The molecule has 32 heavy (non-hydrogen) atoms. The van der Waals surface area contributed by atoms with Crippen LogP contribution in [0.1, 0.15) is 64.3 Å². The third-order valence-electron chi connectivity index (χ3n) is 6.28. The Hall–Kier alpha value is -2.75. The Morgan fingerprint density at radius 1 is 0.938 bits per heavy atom. The maximum Gasteiger partial charge on any atom is 0.123 e. The summed E-state index contributed by atoms with van der Waals surface area (Å²) in [6, 6.07) is 11.9. The molecule has 0 aromatic heterocycles. The predicted octanol–water partition coefficient (Wildman–Crippen LogP) is 4.82. The van der Waals surface area contributed by atoms with E-state index in [-0.39, 0.29) is 16.9 Å². The van der Waals surface area contributed by atoms with Crippen LogP contribution in [0.3, 0.4) is 0 Å². The summed E-state index contributed by atoms with van der Waals surface area (Å²) in [6.45, 7) is 16.0. The van der Waals surface area contributed by atoms with E-state index in [0.717, 1.165) is 54.2 Å². The van der Waals surface area contributed by atoms with Gasteiger partial charge in [-0.1, -0.05) is 41.5 Å². The largest absolute Gasteiger partial charge is 0.507 e. The molecule has 1 aliphatic heterocycles. The lowest BCUT2D eigenvalue weighted by molar-refractivity contribution is 0.217. The van der Waals surface area contributed by atoms with E-state index in [1.807, 2.05) is 18.1 Å². The molecule has 1 fully saturated rings. The highest BCUT2D eigenvalue weighted by Gasteiger charge is 2.30. The van der Waals surface area contributed by atoms with Crippen LogP contribution in [-0.2, 0) is 15.6 Å². The summed E-state index contributed by atoms with van der Waals surface area (Å²) in [5, 5.41) is 11.1. The minimum Gasteiger partial charge on any atom is -0.507 e. The van der Waals surface area contributed by atoms with Gasteiger partial charge in [-0.25, -0.2) is 4.79 Å². The fourth-order valence-electron chi connectivity index (χ4n) is 4.39. The summed E-state index contributed by atoms with van der Waals surface area (Å²) < 4.78 is 0. The molecule has 1 unspecified atom stereocenters. The van der Waals surface area contributed by atoms with Gasteiger partial charge in [-0.15, -0.1) is 0 Å². The Kier molecular flexibility index (Phi) is 6.73. The number of phenols is 1. The number of hydrogen-bond donors (Lipinski definition) is 2. The van der Waals surface area contributed by atoms with Crippen LogP contribution in [0.2, 0.25) is 0 Å². The minimum absolute atomic E-state index is 0.177. The van der Waals surface area contributed by atoms with Crippen molar-refractivity contribution in [3.8, 4) is 5.75 Å². The molecule has 1 heterocycles. The summed E-state index contributed by atoms with van der Waals surface area (Å²) in [4.78, 5) is 16.2. The third kappa shape index (κ3) is 5.17. The predicted molar refractivity (Wildman–Crippen MR) is 133 cm³/mol. The highest BCUT2D eigenvalue weighted by Crippen LogP contribution is 2.41. The first-order valence-electron chi connectivity index (χ1n) is 11.3. The van der Waals surface area contributed by atoms with Gasteiger partial charge in [0, 0.05) is 43.6 Å². The second kappa shape index (κ2) is 9.01. The Morgan fingerprint density at radius 3 is 1.88 bits per heavy atom. The zero-order valence-electron chi connectivity index (χ0n) is 20.3. The lowest BCUT2D eigenvalue weighted by Crippen LogP contribution is -2.47. The molecule has 0 spiro atoms. The van der Waals surface area contributed by atoms with Gasteiger partial charge in [0.25, 0.3) is 0 Å². The second-order valence-corrected chi connectivity index (χ2v) is 10.8. The van der Waals surface area contributed by atoms with Crippen molar-refractivity contribution in [1.82, 2.24) is 4.90 Å². The van der Waals surface area contributed by atoms with E-state index in [0.29, 0.717) is 5.75 Å². The molecule has 2 aromatic rings. The molecule has 0 amide bonds. The number of hydrogen-bond acceptors (Lipinski definition) is 5. The Bertz CT molecular complexity index is 950. The van der Waals surface area contributed by atoms with Gasteiger partial charge in [0.1, 0.15) is 11.7 Å². The zero-order valence-corrected chi connectivity index (χ0v) is 20.3. The second-order valence-electron chi connectivity index (χ2n) is 10.8. The number of rotatable bonds is 4. The smallest absolute Gasteiger partial charge is 0.123 e. The van der Waals surface area contributed by atoms with Crippen molar-refractivity contribution in [2.45, 2.75) is 58.4 Å². The molecule has 5 nitrogen and oxygen atoms in total. The monoisotopic (exact) mass is 435 g/mol. The molecule has 1 saturated heterocycles. The van der Waals surface area contributed by atoms with Crippen molar-refractivity contribution < 1.29 is 9.90 Å². The van der Waals surface area contributed by atoms with E-state index in [2.05, 4.69) is 75.6 Å². The number of carbonyl (C=O) groups excluding carboxylic acids is 1.